The number of hydrogen-bond acceptors (Lipinski definition) is 6. The number of methoxy groups -OCH3 is 2. The summed E-state index contributed by atoms with van der Waals surface area (Å²) in [6.45, 7) is -0.246. The first-order valence-corrected chi connectivity index (χ1v) is 4.94. The maximum Gasteiger partial charge on any atom is 0.574 e. The number of nitrogens with zero attached hydrogens (tertiary/aromatic N) is 1. The molecule has 1 aromatic heterocycles. The first kappa shape index (κ1) is 15.0. The standard InChI is InChI=1S/C10H11F3N2O4/c1-17-6-4-15-8(19-10(11,12)13)7(5(6)3-14)9(16)18-2/h4H,3,14H2,1-2H3. The number of esters is 1. The topological polar surface area (TPSA) is 83.7 Å². The summed E-state index contributed by atoms with van der Waals surface area (Å²) in [5, 5.41) is 0. The first-order chi connectivity index (χ1) is 8.84. The Hall–Kier alpha value is -2.03. The molecule has 1 heterocycles. The van der Waals surface area contributed by atoms with Crippen LogP contribution in [0.15, 0.2) is 6.20 Å². The molecule has 106 valence electrons. The maximum absolute atomic E-state index is 12.2. The van der Waals surface area contributed by atoms with Crippen LogP contribution in [0.4, 0.5) is 13.2 Å². The van der Waals surface area contributed by atoms with E-state index < -0.39 is 23.8 Å². The monoisotopic (exact) mass is 280 g/mol. The second-order valence-corrected chi connectivity index (χ2v) is 3.23. The number of hydrogen-bond donors (Lipinski definition) is 1. The zero-order valence-electron chi connectivity index (χ0n) is 10.1. The second-order valence-electron chi connectivity index (χ2n) is 3.23. The van der Waals surface area contributed by atoms with Crippen LogP contribution >= 0.6 is 0 Å². The van der Waals surface area contributed by atoms with E-state index in [1.165, 1.54) is 7.11 Å². The molecule has 0 fully saturated rings. The smallest absolute Gasteiger partial charge is 0.495 e. The maximum atomic E-state index is 12.2. The summed E-state index contributed by atoms with van der Waals surface area (Å²) < 4.78 is 49.6. The molecule has 0 aliphatic heterocycles. The first-order valence-electron chi connectivity index (χ1n) is 4.94. The highest BCUT2D eigenvalue weighted by Gasteiger charge is 2.35. The lowest BCUT2D eigenvalue weighted by Crippen LogP contribution is -2.22. The van der Waals surface area contributed by atoms with Crippen molar-refractivity contribution in [3.63, 3.8) is 0 Å². The van der Waals surface area contributed by atoms with Gasteiger partial charge in [0.05, 0.1) is 20.4 Å². The highest BCUT2D eigenvalue weighted by molar-refractivity contribution is 5.94. The van der Waals surface area contributed by atoms with Crippen molar-refractivity contribution in [1.29, 1.82) is 0 Å². The quantitative estimate of drug-likeness (QED) is 0.835. The molecule has 6 nitrogen and oxygen atoms in total. The molecule has 0 unspecified atom stereocenters. The van der Waals surface area contributed by atoms with E-state index in [0.29, 0.717) is 0 Å². The molecular formula is C10H11F3N2O4. The van der Waals surface area contributed by atoms with E-state index in [1.807, 2.05) is 0 Å². The number of nitrogens with two attached hydrogens (primary N) is 1. The van der Waals surface area contributed by atoms with Gasteiger partial charge in [0.1, 0.15) is 11.3 Å². The Morgan fingerprint density at radius 3 is 2.47 bits per heavy atom. The minimum Gasteiger partial charge on any atom is -0.495 e. The number of aromatic nitrogens is 1. The van der Waals surface area contributed by atoms with Gasteiger partial charge in [0.2, 0.25) is 5.88 Å². The third-order valence-electron chi connectivity index (χ3n) is 2.14. The van der Waals surface area contributed by atoms with E-state index in [2.05, 4.69) is 14.5 Å². The summed E-state index contributed by atoms with van der Waals surface area (Å²) in [7, 11) is 2.28. The van der Waals surface area contributed by atoms with Crippen molar-refractivity contribution < 1.29 is 32.2 Å². The number of pyridine rings is 1. The van der Waals surface area contributed by atoms with Crippen LogP contribution in [0.3, 0.4) is 0 Å². The van der Waals surface area contributed by atoms with Crippen LogP contribution < -0.4 is 15.2 Å². The van der Waals surface area contributed by atoms with Crippen molar-refractivity contribution in [3.8, 4) is 11.6 Å². The molecule has 2 N–H and O–H groups in total. The van der Waals surface area contributed by atoms with Gasteiger partial charge in [0, 0.05) is 12.1 Å². The van der Waals surface area contributed by atoms with E-state index in [9.17, 15) is 18.0 Å². The van der Waals surface area contributed by atoms with Gasteiger partial charge in [-0.1, -0.05) is 0 Å². The molecule has 0 atom stereocenters. The van der Waals surface area contributed by atoms with Crippen LogP contribution in [-0.4, -0.2) is 31.5 Å². The van der Waals surface area contributed by atoms with Crippen molar-refractivity contribution in [2.75, 3.05) is 14.2 Å². The Labute approximate surface area is 106 Å². The van der Waals surface area contributed by atoms with Crippen LogP contribution in [0.25, 0.3) is 0 Å². The summed E-state index contributed by atoms with van der Waals surface area (Å²) in [4.78, 5) is 14.9. The van der Waals surface area contributed by atoms with Crippen LogP contribution in [0.5, 0.6) is 11.6 Å². The Balaban J connectivity index is 3.42. The molecule has 0 aromatic carbocycles. The minimum atomic E-state index is -4.99. The Kier molecular flexibility index (Phi) is 4.54. The van der Waals surface area contributed by atoms with Gasteiger partial charge in [-0.3, -0.25) is 0 Å². The van der Waals surface area contributed by atoms with Gasteiger partial charge in [0.15, 0.2) is 0 Å². The number of ether oxygens (including phenoxy) is 3. The molecule has 0 radical (unpaired) electrons. The number of alkyl halides is 3. The lowest BCUT2D eigenvalue weighted by molar-refractivity contribution is -0.276. The normalized spacial score (nSPS) is 11.1. The number of carbonyl (C=O) groups excluding carboxylic acids is 1. The lowest BCUT2D eigenvalue weighted by atomic mass is 10.1. The van der Waals surface area contributed by atoms with Crippen LogP contribution in [0, 0.1) is 0 Å². The molecule has 0 spiro atoms. The highest BCUT2D eigenvalue weighted by Crippen LogP contribution is 2.31. The molecule has 0 saturated heterocycles. The summed E-state index contributed by atoms with van der Waals surface area (Å²) in [5.74, 6) is -1.91. The van der Waals surface area contributed by atoms with E-state index in [0.717, 1.165) is 13.3 Å². The minimum absolute atomic E-state index is 0.0172. The molecule has 0 amide bonds. The van der Waals surface area contributed by atoms with Crippen molar-refractivity contribution in [2.45, 2.75) is 12.9 Å². The summed E-state index contributed by atoms with van der Waals surface area (Å²) in [5.41, 5.74) is 4.90. The van der Waals surface area contributed by atoms with E-state index in [-0.39, 0.29) is 17.9 Å². The molecule has 0 aliphatic rings. The van der Waals surface area contributed by atoms with Crippen LogP contribution in [0.1, 0.15) is 15.9 Å². The average molecular weight is 280 g/mol. The zero-order valence-corrected chi connectivity index (χ0v) is 10.1. The van der Waals surface area contributed by atoms with Gasteiger partial charge in [0.25, 0.3) is 0 Å². The van der Waals surface area contributed by atoms with Gasteiger partial charge >= 0.3 is 12.3 Å². The predicted octanol–water partition coefficient (Wildman–Crippen LogP) is 1.23. The van der Waals surface area contributed by atoms with E-state index >= 15 is 0 Å². The SMILES string of the molecule is COC(=O)c1c(OC(F)(F)F)ncc(OC)c1CN. The van der Waals surface area contributed by atoms with Crippen LogP contribution in [-0.2, 0) is 11.3 Å². The van der Waals surface area contributed by atoms with E-state index in [1.54, 1.807) is 0 Å². The summed E-state index contributed by atoms with van der Waals surface area (Å²) in [6.07, 6.45) is -4.01. The summed E-state index contributed by atoms with van der Waals surface area (Å²) >= 11 is 0. The molecule has 0 aliphatic carbocycles. The third-order valence-corrected chi connectivity index (χ3v) is 2.14. The highest BCUT2D eigenvalue weighted by atomic mass is 19.4. The molecule has 0 bridgehead atoms. The van der Waals surface area contributed by atoms with Gasteiger partial charge in [-0.25, -0.2) is 9.78 Å². The molecule has 1 aromatic rings. The van der Waals surface area contributed by atoms with Gasteiger partial charge < -0.3 is 19.9 Å². The fourth-order valence-corrected chi connectivity index (χ4v) is 1.39. The van der Waals surface area contributed by atoms with Crippen molar-refractivity contribution >= 4 is 5.97 Å². The molecular weight excluding hydrogens is 269 g/mol. The van der Waals surface area contributed by atoms with Crippen LogP contribution in [0.2, 0.25) is 0 Å². The second kappa shape index (κ2) is 5.74. The molecule has 0 saturated carbocycles. The summed E-state index contributed by atoms with van der Waals surface area (Å²) in [6, 6.07) is 0. The number of carbonyl (C=O) groups is 1. The number of halogens is 3. The lowest BCUT2D eigenvalue weighted by Gasteiger charge is -2.15. The Morgan fingerprint density at radius 1 is 1.42 bits per heavy atom. The fourth-order valence-electron chi connectivity index (χ4n) is 1.39. The van der Waals surface area contributed by atoms with Crippen molar-refractivity contribution in [3.05, 3.63) is 17.3 Å². The van der Waals surface area contributed by atoms with Gasteiger partial charge in [-0.05, 0) is 0 Å². The fraction of sp³-hybridized carbons (Fsp3) is 0.400. The van der Waals surface area contributed by atoms with Gasteiger partial charge in [-0.15, -0.1) is 13.2 Å². The van der Waals surface area contributed by atoms with Crippen molar-refractivity contribution in [2.24, 2.45) is 5.73 Å². The molecule has 9 heteroatoms. The molecule has 1 rings (SSSR count). The largest absolute Gasteiger partial charge is 0.574 e. The van der Waals surface area contributed by atoms with Crippen molar-refractivity contribution in [1.82, 2.24) is 4.98 Å². The zero-order chi connectivity index (χ0) is 14.6. The Bertz CT molecular complexity index is 477. The predicted molar refractivity (Wildman–Crippen MR) is 56.7 cm³/mol. The molecule has 19 heavy (non-hydrogen) atoms. The average Bonchev–Trinajstić information content (AvgIpc) is 2.35. The third kappa shape index (κ3) is 3.47. The van der Waals surface area contributed by atoms with E-state index in [4.69, 9.17) is 10.5 Å². The Morgan fingerprint density at radius 2 is 2.05 bits per heavy atom. The van der Waals surface area contributed by atoms with Gasteiger partial charge in [-0.2, -0.15) is 0 Å². The number of rotatable bonds is 4.